The highest BCUT2D eigenvalue weighted by atomic mass is 15.0. The summed E-state index contributed by atoms with van der Waals surface area (Å²) in [5, 5.41) is 3.40. The maximum absolute atomic E-state index is 4.76. The summed E-state index contributed by atoms with van der Waals surface area (Å²) in [5.41, 5.74) is 17.7. The molecule has 98 heavy (non-hydrogen) atoms. The first-order valence-corrected chi connectivity index (χ1v) is 32.0. The molecule has 0 fully saturated rings. The molecular weight excluding hydrogens is 1210 g/mol. The number of aryl methyl sites for hydroxylation is 8. The third-order valence-electron chi connectivity index (χ3n) is 15.9. The van der Waals surface area contributed by atoms with Gasteiger partial charge in [-0.1, -0.05) is 170 Å². The average molecular weight is 1280 g/mol. The van der Waals surface area contributed by atoms with E-state index in [2.05, 4.69) is 196 Å². The minimum atomic E-state index is 0.697. The van der Waals surface area contributed by atoms with E-state index >= 15 is 0 Å². The zero-order valence-corrected chi connectivity index (χ0v) is 55.4. The SMILES string of the molecule is Cc1nc(C)nc(-c2cccc(-c3ccc(-c4ccccn4)cc3)c2)n1.Cc1nc(C)nc(-c2cccc(-c3ccc4ccccc4n3)c2)n1.Cc1nc(C)nc(-c2cccc(-c3cccc4cccnc34)c2)n1.Cc1nc(C)nc(-c2cccc(-c3cnc4ccccc4c3)c2)n1. The van der Waals surface area contributed by atoms with Gasteiger partial charge in [-0.25, -0.2) is 64.8 Å². The molecule has 0 bridgehead atoms. The predicted molar refractivity (Wildman–Crippen MR) is 390 cm³/mol. The van der Waals surface area contributed by atoms with Crippen LogP contribution < -0.4 is 0 Å². The number of hydrogen-bond acceptors (Lipinski definition) is 16. The fourth-order valence-electron chi connectivity index (χ4n) is 11.5. The zero-order chi connectivity index (χ0) is 67.5. The number of rotatable bonds is 9. The van der Waals surface area contributed by atoms with Crippen LogP contribution in [0.25, 0.3) is 134 Å². The number of benzene rings is 8. The molecule has 8 aromatic heterocycles. The Labute approximate surface area is 568 Å². The van der Waals surface area contributed by atoms with E-state index in [1.165, 1.54) is 0 Å². The van der Waals surface area contributed by atoms with Crippen molar-refractivity contribution >= 4 is 32.7 Å². The Kier molecular flexibility index (Phi) is 19.1. The van der Waals surface area contributed by atoms with Crippen LogP contribution in [0.4, 0.5) is 0 Å². The average Bonchev–Trinajstić information content (AvgIpc) is 0.817. The molecule has 0 aliphatic rings. The number of nitrogens with zero attached hydrogens (tertiary/aromatic N) is 16. The lowest BCUT2D eigenvalue weighted by atomic mass is 10.00. The minimum absolute atomic E-state index is 0.697. The monoisotopic (exact) mass is 1270 g/mol. The van der Waals surface area contributed by atoms with Crippen LogP contribution in [0.15, 0.2) is 255 Å². The van der Waals surface area contributed by atoms with E-state index in [0.29, 0.717) is 23.3 Å². The molecule has 16 aromatic rings. The van der Waals surface area contributed by atoms with Gasteiger partial charge in [0.1, 0.15) is 46.6 Å². The molecule has 0 spiro atoms. The summed E-state index contributed by atoms with van der Waals surface area (Å²) in [5.74, 6) is 8.67. The van der Waals surface area contributed by atoms with Gasteiger partial charge in [0.05, 0.1) is 27.9 Å². The summed E-state index contributed by atoms with van der Waals surface area (Å²) in [4.78, 5) is 70.9. The highest BCUT2D eigenvalue weighted by Crippen LogP contribution is 2.32. The summed E-state index contributed by atoms with van der Waals surface area (Å²) >= 11 is 0. The van der Waals surface area contributed by atoms with Gasteiger partial charge in [0.2, 0.25) is 0 Å². The van der Waals surface area contributed by atoms with E-state index in [-0.39, 0.29) is 0 Å². The Morgan fingerprint density at radius 3 is 1.15 bits per heavy atom. The van der Waals surface area contributed by atoms with Crippen molar-refractivity contribution in [1.82, 2.24) is 79.7 Å². The summed E-state index contributed by atoms with van der Waals surface area (Å²) < 4.78 is 0. The van der Waals surface area contributed by atoms with E-state index in [4.69, 9.17) is 4.98 Å². The van der Waals surface area contributed by atoms with Gasteiger partial charge in [-0.3, -0.25) is 15.0 Å². The van der Waals surface area contributed by atoms with Crippen LogP contribution in [-0.4, -0.2) is 79.7 Å². The number of aromatic nitrogens is 16. The molecule has 474 valence electrons. The van der Waals surface area contributed by atoms with Gasteiger partial charge in [-0.2, -0.15) is 0 Å². The number of fused-ring (bicyclic) bond motifs is 3. The molecule has 0 aliphatic heterocycles. The Morgan fingerprint density at radius 1 is 0.204 bits per heavy atom. The van der Waals surface area contributed by atoms with E-state index in [9.17, 15) is 0 Å². The molecule has 16 heteroatoms. The van der Waals surface area contributed by atoms with Crippen molar-refractivity contribution in [2.24, 2.45) is 0 Å². The largest absolute Gasteiger partial charge is 0.256 e. The van der Waals surface area contributed by atoms with Crippen molar-refractivity contribution in [1.29, 1.82) is 0 Å². The molecule has 0 atom stereocenters. The number of hydrogen-bond donors (Lipinski definition) is 0. The lowest BCUT2D eigenvalue weighted by Gasteiger charge is -2.08. The van der Waals surface area contributed by atoms with Crippen molar-refractivity contribution in [2.75, 3.05) is 0 Å². The molecule has 8 aromatic carbocycles. The summed E-state index contributed by atoms with van der Waals surface area (Å²) in [6.07, 6.45) is 5.55. The maximum Gasteiger partial charge on any atom is 0.163 e. The maximum atomic E-state index is 4.76. The Morgan fingerprint density at radius 2 is 0.612 bits per heavy atom. The van der Waals surface area contributed by atoms with Crippen LogP contribution >= 0.6 is 0 Å². The molecule has 16 rings (SSSR count). The third kappa shape index (κ3) is 15.5. The van der Waals surface area contributed by atoms with E-state index < -0.39 is 0 Å². The van der Waals surface area contributed by atoms with Gasteiger partial charge >= 0.3 is 0 Å². The molecule has 0 radical (unpaired) electrons. The van der Waals surface area contributed by atoms with Gasteiger partial charge in [0.15, 0.2) is 23.3 Å². The third-order valence-corrected chi connectivity index (χ3v) is 15.9. The summed E-state index contributed by atoms with van der Waals surface area (Å²) in [7, 11) is 0. The normalized spacial score (nSPS) is 10.9. The second kappa shape index (κ2) is 29.2. The molecule has 0 N–H and O–H groups in total. The highest BCUT2D eigenvalue weighted by molar-refractivity contribution is 5.94. The lowest BCUT2D eigenvalue weighted by Crippen LogP contribution is -1.98. The van der Waals surface area contributed by atoms with Crippen LogP contribution in [0.3, 0.4) is 0 Å². The van der Waals surface area contributed by atoms with Crippen molar-refractivity contribution in [3.63, 3.8) is 0 Å². The molecule has 0 saturated heterocycles. The first-order valence-electron chi connectivity index (χ1n) is 32.0. The van der Waals surface area contributed by atoms with Crippen LogP contribution in [0, 0.1) is 55.4 Å². The summed E-state index contributed by atoms with van der Waals surface area (Å²) in [6, 6.07) is 80.1. The molecule has 0 aliphatic carbocycles. The van der Waals surface area contributed by atoms with Gasteiger partial charge < -0.3 is 0 Å². The Hall–Kier alpha value is -12.8. The quantitative estimate of drug-likeness (QED) is 0.132. The summed E-state index contributed by atoms with van der Waals surface area (Å²) in [6.45, 7) is 15.1. The molecule has 16 nitrogen and oxygen atoms in total. The second-order valence-corrected chi connectivity index (χ2v) is 23.3. The van der Waals surface area contributed by atoms with Gasteiger partial charge in [-0.05, 0) is 144 Å². The zero-order valence-electron chi connectivity index (χ0n) is 55.4. The fourth-order valence-corrected chi connectivity index (χ4v) is 11.5. The van der Waals surface area contributed by atoms with Crippen LogP contribution in [-0.2, 0) is 0 Å². The highest BCUT2D eigenvalue weighted by Gasteiger charge is 2.13. The van der Waals surface area contributed by atoms with Crippen LogP contribution in [0.1, 0.15) is 46.6 Å². The van der Waals surface area contributed by atoms with Crippen molar-refractivity contribution < 1.29 is 0 Å². The standard InChI is InChI=1S/C22H18N4.3C20H16N4/c1-15-24-16(2)26-22(25-15)20-7-5-6-19(14-20)17-9-11-18(12-10-17)21-8-3-4-13-23-21;1-13-22-14(2)24-20(23-13)17-8-3-7-16(12-17)18-10-4-6-15-9-5-11-21-19(15)18;1-13-22-14(2)24-20(23-13)17-8-5-7-15(10-17)18-11-16-6-3-4-9-19(16)21-12-18;1-13-21-14(2)23-20(22-13)17-8-5-7-16(12-17)19-11-10-15-6-3-4-9-18(15)24-19/h3-14H,1-2H3;3*3-12H,1-2H3. The smallest absolute Gasteiger partial charge is 0.163 e. The van der Waals surface area contributed by atoms with Gasteiger partial charge in [0.25, 0.3) is 0 Å². The molecule has 8 heterocycles. The van der Waals surface area contributed by atoms with Crippen molar-refractivity contribution in [2.45, 2.75) is 55.4 Å². The molecule has 0 amide bonds. The first kappa shape index (κ1) is 63.9. The van der Waals surface area contributed by atoms with Crippen molar-refractivity contribution in [3.8, 4) is 101 Å². The fraction of sp³-hybridized carbons (Fsp3) is 0.0976. The lowest BCUT2D eigenvalue weighted by molar-refractivity contribution is 0.928. The van der Waals surface area contributed by atoms with Gasteiger partial charge in [0, 0.05) is 79.3 Å². The number of para-hydroxylation sites is 3. The van der Waals surface area contributed by atoms with Crippen LogP contribution in [0.2, 0.25) is 0 Å². The van der Waals surface area contributed by atoms with E-state index in [0.717, 1.165) is 157 Å². The molecular formula is C82H66N16. The molecule has 0 saturated carbocycles. The first-order chi connectivity index (χ1) is 47.8. The van der Waals surface area contributed by atoms with E-state index in [1.54, 1.807) is 0 Å². The topological polar surface area (TPSA) is 206 Å². The minimum Gasteiger partial charge on any atom is -0.256 e. The Balaban J connectivity index is 0.000000118. The Bertz CT molecular complexity index is 5270. The second-order valence-electron chi connectivity index (χ2n) is 23.3. The van der Waals surface area contributed by atoms with Crippen LogP contribution in [0.5, 0.6) is 0 Å². The number of pyridine rings is 4. The van der Waals surface area contributed by atoms with E-state index in [1.807, 2.05) is 189 Å². The van der Waals surface area contributed by atoms with Crippen molar-refractivity contribution in [3.05, 3.63) is 302 Å². The van der Waals surface area contributed by atoms with Gasteiger partial charge in [-0.15, -0.1) is 0 Å². The molecule has 0 unspecified atom stereocenters. The predicted octanol–water partition coefficient (Wildman–Crippen LogP) is 18.0.